The van der Waals surface area contributed by atoms with Gasteiger partial charge >= 0.3 is 19.8 Å². The molecule has 308 valence electrons. The van der Waals surface area contributed by atoms with Crippen LogP contribution in [-0.2, 0) is 32.7 Å². The van der Waals surface area contributed by atoms with Crippen LogP contribution in [0.3, 0.4) is 0 Å². The average Bonchev–Trinajstić information content (AvgIpc) is 3.13. The first-order valence-corrected chi connectivity index (χ1v) is 22.2. The van der Waals surface area contributed by atoms with Crippen molar-refractivity contribution in [1.29, 1.82) is 0 Å². The van der Waals surface area contributed by atoms with E-state index in [-0.39, 0.29) is 13.0 Å². The SMILES string of the molecule is CCCCC/C=C\C/C=C\C/C=C\CCCCCCC(=O)O[C@H](CO/C=C\CCCCCCCCCCCCCC)COP(=O)(O)OC[C@H](N)C(=O)O. The predicted octanol–water partition coefficient (Wildman–Crippen LogP) is 11.4. The molecule has 0 heterocycles. The van der Waals surface area contributed by atoms with Crippen LogP contribution in [0.25, 0.3) is 0 Å². The van der Waals surface area contributed by atoms with Crippen molar-refractivity contribution in [2.24, 2.45) is 5.73 Å². The second-order valence-electron chi connectivity index (χ2n) is 13.8. The molecule has 0 amide bonds. The first-order valence-electron chi connectivity index (χ1n) is 20.7. The van der Waals surface area contributed by atoms with Crippen LogP contribution in [0.15, 0.2) is 48.8 Å². The highest BCUT2D eigenvalue weighted by atomic mass is 31.2. The molecule has 0 aromatic carbocycles. The van der Waals surface area contributed by atoms with E-state index in [1.807, 2.05) is 6.08 Å². The summed E-state index contributed by atoms with van der Waals surface area (Å²) in [7, 11) is -4.64. The zero-order chi connectivity index (χ0) is 39.1. The Labute approximate surface area is 322 Å². The highest BCUT2D eigenvalue weighted by Gasteiger charge is 2.27. The van der Waals surface area contributed by atoms with Crippen molar-refractivity contribution in [3.63, 3.8) is 0 Å². The van der Waals surface area contributed by atoms with Gasteiger partial charge in [0.25, 0.3) is 0 Å². The van der Waals surface area contributed by atoms with Gasteiger partial charge in [-0.15, -0.1) is 0 Å². The number of esters is 1. The fourth-order valence-corrected chi connectivity index (χ4v) is 6.18. The van der Waals surface area contributed by atoms with E-state index in [1.54, 1.807) is 6.26 Å². The Morgan fingerprint density at radius 2 is 1.04 bits per heavy atom. The summed E-state index contributed by atoms with van der Waals surface area (Å²) < 4.78 is 33.0. The van der Waals surface area contributed by atoms with Gasteiger partial charge in [-0.3, -0.25) is 18.6 Å². The smallest absolute Gasteiger partial charge is 0.472 e. The average molecular weight is 770 g/mol. The van der Waals surface area contributed by atoms with E-state index >= 15 is 0 Å². The van der Waals surface area contributed by atoms with Crippen LogP contribution in [-0.4, -0.2) is 53.9 Å². The summed E-state index contributed by atoms with van der Waals surface area (Å²) in [6.45, 7) is 3.21. The molecule has 0 aromatic heterocycles. The zero-order valence-electron chi connectivity index (χ0n) is 33.3. The predicted molar refractivity (Wildman–Crippen MR) is 217 cm³/mol. The fourth-order valence-electron chi connectivity index (χ4n) is 5.40. The minimum absolute atomic E-state index is 0.0768. The molecule has 4 N–H and O–H groups in total. The first kappa shape index (κ1) is 50.8. The van der Waals surface area contributed by atoms with Crippen LogP contribution in [0.5, 0.6) is 0 Å². The lowest BCUT2D eigenvalue weighted by Gasteiger charge is -2.20. The molecule has 0 radical (unpaired) electrons. The summed E-state index contributed by atoms with van der Waals surface area (Å²) in [6, 6.07) is -1.48. The molecule has 3 atom stereocenters. The van der Waals surface area contributed by atoms with Crippen molar-refractivity contribution in [2.45, 2.75) is 187 Å². The maximum absolute atomic E-state index is 12.6. The summed E-state index contributed by atoms with van der Waals surface area (Å²) in [6.07, 6.45) is 43.9. The number of carbonyl (C=O) groups is 2. The van der Waals surface area contributed by atoms with Crippen molar-refractivity contribution < 1.29 is 42.7 Å². The number of carbonyl (C=O) groups excluding carboxylic acids is 1. The third-order valence-corrected chi connectivity index (χ3v) is 9.63. The number of nitrogens with two attached hydrogens (primary N) is 1. The van der Waals surface area contributed by atoms with E-state index in [2.05, 4.69) is 54.8 Å². The van der Waals surface area contributed by atoms with Gasteiger partial charge in [0.05, 0.1) is 19.5 Å². The molecule has 10 nitrogen and oxygen atoms in total. The molecule has 0 saturated carbocycles. The number of aliphatic carboxylic acids is 1. The number of carboxylic acids is 1. The topological polar surface area (TPSA) is 155 Å². The zero-order valence-corrected chi connectivity index (χ0v) is 34.2. The molecule has 0 aliphatic rings. The maximum Gasteiger partial charge on any atom is 0.472 e. The second kappa shape index (κ2) is 38.1. The molecular weight excluding hydrogens is 693 g/mol. The Morgan fingerprint density at radius 3 is 1.58 bits per heavy atom. The Hall–Kier alpha value is -2.23. The van der Waals surface area contributed by atoms with Gasteiger partial charge in [0.1, 0.15) is 12.6 Å². The molecule has 11 heteroatoms. The number of ether oxygens (including phenoxy) is 2. The van der Waals surface area contributed by atoms with Crippen LogP contribution in [0.4, 0.5) is 0 Å². The van der Waals surface area contributed by atoms with Crippen molar-refractivity contribution in [3.05, 3.63) is 48.8 Å². The van der Waals surface area contributed by atoms with Crippen molar-refractivity contribution in [2.75, 3.05) is 19.8 Å². The number of allylic oxidation sites excluding steroid dienone is 7. The van der Waals surface area contributed by atoms with E-state index in [9.17, 15) is 19.0 Å². The van der Waals surface area contributed by atoms with Gasteiger partial charge in [-0.2, -0.15) is 0 Å². The minimum atomic E-state index is -4.64. The van der Waals surface area contributed by atoms with Gasteiger partial charge in [0.15, 0.2) is 6.10 Å². The molecule has 0 rings (SSSR count). The molecule has 53 heavy (non-hydrogen) atoms. The molecule has 0 bridgehead atoms. The standard InChI is InChI=1S/C42H76NO9P/c1-3-5-7-9-11-13-15-17-19-20-21-22-24-26-28-30-32-34-41(44)52-39(37-50-53(47,48)51-38-40(43)42(45)46)36-49-35-33-31-29-27-25-23-18-16-14-12-10-8-6-4-2/h11,13,17,19,21-22,33,35,39-40H,3-10,12,14-16,18,20,23-32,34,36-38,43H2,1-2H3,(H,45,46)(H,47,48)/b13-11-,19-17-,22-21-,35-33-/t39-,40+/m1/s1. The van der Waals surface area contributed by atoms with Gasteiger partial charge in [0, 0.05) is 6.42 Å². The third kappa shape index (κ3) is 37.9. The van der Waals surface area contributed by atoms with Crippen LogP contribution in [0, 0.1) is 0 Å². The van der Waals surface area contributed by atoms with E-state index < -0.39 is 45.1 Å². The number of hydrogen-bond acceptors (Lipinski definition) is 8. The summed E-state index contributed by atoms with van der Waals surface area (Å²) >= 11 is 0. The number of carboxylic acid groups (broad SMARTS) is 1. The van der Waals surface area contributed by atoms with Crippen LogP contribution in [0.2, 0.25) is 0 Å². The molecule has 0 fully saturated rings. The molecule has 0 spiro atoms. The minimum Gasteiger partial charge on any atom is -0.498 e. The lowest BCUT2D eigenvalue weighted by molar-refractivity contribution is -0.153. The van der Waals surface area contributed by atoms with E-state index in [4.69, 9.17) is 24.8 Å². The van der Waals surface area contributed by atoms with E-state index in [0.717, 1.165) is 57.8 Å². The third-order valence-electron chi connectivity index (χ3n) is 8.68. The fraction of sp³-hybridized carbons (Fsp3) is 0.762. The summed E-state index contributed by atoms with van der Waals surface area (Å²) in [4.78, 5) is 33.4. The van der Waals surface area contributed by atoms with Crippen LogP contribution in [0.1, 0.15) is 174 Å². The first-order chi connectivity index (χ1) is 25.7. The lowest BCUT2D eigenvalue weighted by atomic mass is 10.0. The Bertz CT molecular complexity index is 1030. The van der Waals surface area contributed by atoms with Crippen molar-refractivity contribution >= 4 is 19.8 Å². The normalized spacial score (nSPS) is 14.4. The summed E-state index contributed by atoms with van der Waals surface area (Å²) in [5.41, 5.74) is 5.34. The lowest BCUT2D eigenvalue weighted by Crippen LogP contribution is -2.34. The summed E-state index contributed by atoms with van der Waals surface area (Å²) in [5.74, 6) is -1.83. The molecule has 0 saturated heterocycles. The van der Waals surface area contributed by atoms with Gasteiger partial charge in [-0.05, 0) is 63.9 Å². The molecule has 0 aromatic rings. The Kier molecular flexibility index (Phi) is 36.5. The van der Waals surface area contributed by atoms with Gasteiger partial charge in [-0.25, -0.2) is 4.57 Å². The largest absolute Gasteiger partial charge is 0.498 e. The number of unbranched alkanes of at least 4 members (excludes halogenated alkanes) is 19. The van der Waals surface area contributed by atoms with E-state index in [0.29, 0.717) is 6.42 Å². The number of hydrogen-bond donors (Lipinski definition) is 3. The quantitative estimate of drug-likeness (QED) is 0.0181. The monoisotopic (exact) mass is 770 g/mol. The van der Waals surface area contributed by atoms with Gasteiger partial charge in [0.2, 0.25) is 0 Å². The second-order valence-corrected chi connectivity index (χ2v) is 15.3. The van der Waals surface area contributed by atoms with Crippen molar-refractivity contribution in [1.82, 2.24) is 0 Å². The number of phosphoric ester groups is 1. The molecule has 1 unspecified atom stereocenters. The number of rotatable bonds is 39. The molecule has 0 aliphatic heterocycles. The maximum atomic E-state index is 12.6. The van der Waals surface area contributed by atoms with Crippen LogP contribution >= 0.6 is 7.82 Å². The molecule has 0 aliphatic carbocycles. The highest BCUT2D eigenvalue weighted by molar-refractivity contribution is 7.47. The van der Waals surface area contributed by atoms with Gasteiger partial charge in [-0.1, -0.05) is 147 Å². The van der Waals surface area contributed by atoms with Crippen molar-refractivity contribution in [3.8, 4) is 0 Å². The number of phosphoric acid groups is 1. The van der Waals surface area contributed by atoms with E-state index in [1.165, 1.54) is 89.9 Å². The van der Waals surface area contributed by atoms with Gasteiger partial charge < -0.3 is 25.2 Å². The Balaban J connectivity index is 4.37. The molecular formula is C42H76NO9P. The highest BCUT2D eigenvalue weighted by Crippen LogP contribution is 2.43. The summed E-state index contributed by atoms with van der Waals surface area (Å²) in [5, 5.41) is 8.88. The van der Waals surface area contributed by atoms with Crippen LogP contribution < -0.4 is 5.73 Å². The Morgan fingerprint density at radius 1 is 0.604 bits per heavy atom.